The van der Waals surface area contributed by atoms with Gasteiger partial charge in [0.1, 0.15) is 6.10 Å². The van der Waals surface area contributed by atoms with Crippen molar-refractivity contribution in [3.05, 3.63) is 0 Å². The number of carbonyl (C=O) groups is 1. The van der Waals surface area contributed by atoms with Gasteiger partial charge in [-0.1, -0.05) is 46.5 Å². The molecule has 9 atom stereocenters. The summed E-state index contributed by atoms with van der Waals surface area (Å²) in [6.45, 7) is 8.96. The standard InChI is InChI=1S/C25H48N2O5/c1-5-17-10-8-11-19(7-3)24(30)27-15-9-12-18(6-2)20(14-13-17)32-25-23(29)21(26)22(28)16(4)31-25/h16-23,25,28-29H,5-15,26H2,1-4H3,(H,27,30)/t16-,17-,18+,19+,20-,21+,22-,23+,25-/m0/s1. The third-order valence-corrected chi connectivity index (χ3v) is 7.77. The predicted octanol–water partition coefficient (Wildman–Crippen LogP) is 3.10. The molecule has 0 spiro atoms. The molecule has 2 saturated heterocycles. The molecule has 5 N–H and O–H groups in total. The van der Waals surface area contributed by atoms with Crippen molar-refractivity contribution in [1.29, 1.82) is 0 Å². The molecule has 0 aromatic rings. The first-order chi connectivity index (χ1) is 15.3. The lowest BCUT2D eigenvalue weighted by Gasteiger charge is -2.42. The predicted molar refractivity (Wildman–Crippen MR) is 126 cm³/mol. The molecular formula is C25H48N2O5. The highest BCUT2D eigenvalue weighted by molar-refractivity contribution is 5.78. The highest BCUT2D eigenvalue weighted by Gasteiger charge is 2.42. The zero-order valence-corrected chi connectivity index (χ0v) is 20.7. The van der Waals surface area contributed by atoms with Gasteiger partial charge in [-0.3, -0.25) is 4.79 Å². The minimum absolute atomic E-state index is 0.0506. The third-order valence-electron chi connectivity index (χ3n) is 7.77. The number of aliphatic hydroxyl groups excluding tert-OH is 2. The molecule has 1 amide bonds. The largest absolute Gasteiger partial charge is 0.389 e. The number of nitrogens with one attached hydrogen (secondary N) is 1. The van der Waals surface area contributed by atoms with E-state index in [0.717, 1.165) is 64.2 Å². The molecule has 0 saturated carbocycles. The second-order valence-electron chi connectivity index (χ2n) is 9.93. The van der Waals surface area contributed by atoms with Gasteiger partial charge in [-0.05, 0) is 57.3 Å². The fourth-order valence-corrected chi connectivity index (χ4v) is 5.27. The van der Waals surface area contributed by atoms with Crippen molar-refractivity contribution in [3.8, 4) is 0 Å². The van der Waals surface area contributed by atoms with E-state index < -0.39 is 30.6 Å². The zero-order valence-electron chi connectivity index (χ0n) is 20.7. The first kappa shape index (κ1) is 27.5. The molecule has 2 aliphatic rings. The molecule has 0 radical (unpaired) electrons. The third kappa shape index (κ3) is 7.66. The normalized spacial score (nSPS) is 41.0. The van der Waals surface area contributed by atoms with Crippen LogP contribution in [0.4, 0.5) is 0 Å². The van der Waals surface area contributed by atoms with Crippen LogP contribution in [0.25, 0.3) is 0 Å². The molecule has 32 heavy (non-hydrogen) atoms. The summed E-state index contributed by atoms with van der Waals surface area (Å²) in [6, 6.07) is -0.785. The average molecular weight is 457 g/mol. The van der Waals surface area contributed by atoms with E-state index in [0.29, 0.717) is 18.4 Å². The smallest absolute Gasteiger partial charge is 0.223 e. The van der Waals surface area contributed by atoms with Crippen LogP contribution in [-0.4, -0.2) is 59.4 Å². The van der Waals surface area contributed by atoms with Crippen LogP contribution in [0.15, 0.2) is 0 Å². The Morgan fingerprint density at radius 1 is 1.00 bits per heavy atom. The van der Waals surface area contributed by atoms with Crippen molar-refractivity contribution in [3.63, 3.8) is 0 Å². The van der Waals surface area contributed by atoms with Crippen molar-refractivity contribution in [2.75, 3.05) is 6.54 Å². The highest BCUT2D eigenvalue weighted by Crippen LogP contribution is 2.31. The molecule has 2 rings (SSSR count). The molecule has 2 fully saturated rings. The Kier molecular flexibility index (Phi) is 11.9. The molecule has 188 valence electrons. The van der Waals surface area contributed by atoms with E-state index in [2.05, 4.69) is 26.1 Å². The molecule has 2 aliphatic heterocycles. The first-order valence-corrected chi connectivity index (χ1v) is 13.0. The molecule has 7 heteroatoms. The van der Waals surface area contributed by atoms with Gasteiger partial charge in [-0.2, -0.15) is 0 Å². The van der Waals surface area contributed by atoms with Crippen LogP contribution >= 0.6 is 0 Å². The lowest BCUT2D eigenvalue weighted by molar-refractivity contribution is -0.286. The van der Waals surface area contributed by atoms with E-state index in [1.165, 1.54) is 0 Å². The monoisotopic (exact) mass is 456 g/mol. The van der Waals surface area contributed by atoms with Crippen LogP contribution in [-0.2, 0) is 14.3 Å². The molecule has 2 heterocycles. The van der Waals surface area contributed by atoms with Crippen molar-refractivity contribution in [1.82, 2.24) is 5.32 Å². The number of hydrogen-bond donors (Lipinski definition) is 4. The lowest BCUT2D eigenvalue weighted by atomic mass is 9.85. The maximum Gasteiger partial charge on any atom is 0.223 e. The summed E-state index contributed by atoms with van der Waals surface area (Å²) < 4.78 is 12.2. The fraction of sp³-hybridized carbons (Fsp3) is 0.960. The van der Waals surface area contributed by atoms with Gasteiger partial charge in [0.15, 0.2) is 6.29 Å². The lowest BCUT2D eigenvalue weighted by Crippen LogP contribution is -2.61. The minimum atomic E-state index is -1.06. The number of carbonyl (C=O) groups excluding carboxylic acids is 1. The van der Waals surface area contributed by atoms with Crippen LogP contribution < -0.4 is 11.1 Å². The molecule has 0 aliphatic carbocycles. The van der Waals surface area contributed by atoms with Gasteiger partial charge in [0.25, 0.3) is 0 Å². The van der Waals surface area contributed by atoms with E-state index in [9.17, 15) is 15.0 Å². The van der Waals surface area contributed by atoms with E-state index in [1.54, 1.807) is 6.92 Å². The summed E-state index contributed by atoms with van der Waals surface area (Å²) in [5.41, 5.74) is 6.03. The van der Waals surface area contributed by atoms with Gasteiger partial charge < -0.3 is 30.7 Å². The Balaban J connectivity index is 2.11. The van der Waals surface area contributed by atoms with Gasteiger partial charge >= 0.3 is 0 Å². The SMILES string of the molecule is CC[C@H]1CCC[C@@H](CC)C(=O)NCCC[C@@H](CC)[C@@H](O[C@@H]2O[C@@H](C)[C@H](O)[C@@H](N)[C@H]2O)CC1. The van der Waals surface area contributed by atoms with E-state index >= 15 is 0 Å². The number of aliphatic hydroxyl groups is 2. The van der Waals surface area contributed by atoms with Gasteiger partial charge in [-0.15, -0.1) is 0 Å². The van der Waals surface area contributed by atoms with Crippen LogP contribution in [0.5, 0.6) is 0 Å². The summed E-state index contributed by atoms with van der Waals surface area (Å²) in [5.74, 6) is 1.23. The molecular weight excluding hydrogens is 408 g/mol. The van der Waals surface area contributed by atoms with E-state index in [4.69, 9.17) is 15.2 Å². The van der Waals surface area contributed by atoms with Gasteiger partial charge in [0, 0.05) is 12.5 Å². The molecule has 0 aromatic carbocycles. The number of ether oxygens (including phenoxy) is 2. The molecule has 0 unspecified atom stereocenters. The van der Waals surface area contributed by atoms with Gasteiger partial charge in [0.2, 0.25) is 5.91 Å². The summed E-state index contributed by atoms with van der Waals surface area (Å²) >= 11 is 0. The van der Waals surface area contributed by atoms with Crippen LogP contribution in [0.1, 0.15) is 91.9 Å². The molecule has 0 bridgehead atoms. The average Bonchev–Trinajstić information content (AvgIpc) is 2.79. The Labute approximate surface area is 194 Å². The number of nitrogens with two attached hydrogens (primary N) is 1. The second-order valence-corrected chi connectivity index (χ2v) is 9.93. The second kappa shape index (κ2) is 13.9. The van der Waals surface area contributed by atoms with Crippen molar-refractivity contribution in [2.24, 2.45) is 23.5 Å². The van der Waals surface area contributed by atoms with Gasteiger partial charge in [-0.25, -0.2) is 0 Å². The quantitative estimate of drug-likeness (QED) is 0.505. The van der Waals surface area contributed by atoms with Crippen LogP contribution in [0, 0.1) is 17.8 Å². The first-order valence-electron chi connectivity index (χ1n) is 13.0. The van der Waals surface area contributed by atoms with Crippen molar-refractivity contribution >= 4 is 5.91 Å². The van der Waals surface area contributed by atoms with Crippen LogP contribution in [0.2, 0.25) is 0 Å². The molecule has 0 aromatic heterocycles. The number of amides is 1. The Hall–Kier alpha value is -0.730. The van der Waals surface area contributed by atoms with Gasteiger partial charge in [0.05, 0.1) is 24.4 Å². The fourth-order valence-electron chi connectivity index (χ4n) is 5.27. The molecule has 7 nitrogen and oxygen atoms in total. The summed E-state index contributed by atoms with van der Waals surface area (Å²) in [4.78, 5) is 12.6. The van der Waals surface area contributed by atoms with E-state index in [-0.39, 0.29) is 17.9 Å². The summed E-state index contributed by atoms with van der Waals surface area (Å²) in [6.07, 6.45) is 6.63. The number of hydrogen-bond acceptors (Lipinski definition) is 6. The minimum Gasteiger partial charge on any atom is -0.389 e. The van der Waals surface area contributed by atoms with Crippen molar-refractivity contribution in [2.45, 2.75) is 129 Å². The van der Waals surface area contributed by atoms with Crippen LogP contribution in [0.3, 0.4) is 0 Å². The maximum atomic E-state index is 12.6. The summed E-state index contributed by atoms with van der Waals surface area (Å²) in [7, 11) is 0. The summed E-state index contributed by atoms with van der Waals surface area (Å²) in [5, 5.41) is 23.8. The Morgan fingerprint density at radius 3 is 2.41 bits per heavy atom. The number of rotatable bonds is 5. The highest BCUT2D eigenvalue weighted by atomic mass is 16.7. The zero-order chi connectivity index (χ0) is 23.7. The maximum absolute atomic E-state index is 12.6. The Morgan fingerprint density at radius 2 is 1.75 bits per heavy atom. The van der Waals surface area contributed by atoms with Crippen molar-refractivity contribution < 1.29 is 24.5 Å². The van der Waals surface area contributed by atoms with E-state index in [1.807, 2.05) is 0 Å². The Bertz CT molecular complexity index is 548. The topological polar surface area (TPSA) is 114 Å².